The van der Waals surface area contributed by atoms with Crippen molar-refractivity contribution < 1.29 is 9.53 Å². The molecule has 1 heterocycles. The summed E-state index contributed by atoms with van der Waals surface area (Å²) in [7, 11) is 1.66. The van der Waals surface area contributed by atoms with Gasteiger partial charge in [-0.15, -0.1) is 0 Å². The van der Waals surface area contributed by atoms with Crippen molar-refractivity contribution in [3.05, 3.63) is 29.8 Å². The van der Waals surface area contributed by atoms with E-state index in [0.29, 0.717) is 0 Å². The number of nitrogens with zero attached hydrogens (tertiary/aromatic N) is 1. The van der Waals surface area contributed by atoms with E-state index in [0.717, 1.165) is 23.5 Å². The van der Waals surface area contributed by atoms with Gasteiger partial charge in [0.1, 0.15) is 11.9 Å². The molecule has 21 heavy (non-hydrogen) atoms. The third-order valence-electron chi connectivity index (χ3n) is 3.91. The second kappa shape index (κ2) is 7.18. The molecule has 1 saturated heterocycles. The van der Waals surface area contributed by atoms with Gasteiger partial charge in [-0.3, -0.25) is 10.1 Å². The molecule has 0 bridgehead atoms. The number of benzene rings is 1. The Balaban J connectivity index is 2.26. The van der Waals surface area contributed by atoms with Crippen LogP contribution in [-0.4, -0.2) is 42.0 Å². The van der Waals surface area contributed by atoms with Crippen LogP contribution in [0.2, 0.25) is 0 Å². The van der Waals surface area contributed by atoms with Gasteiger partial charge < -0.3 is 9.64 Å². The van der Waals surface area contributed by atoms with Crippen LogP contribution in [0.1, 0.15) is 32.0 Å². The maximum atomic E-state index is 12.6. The van der Waals surface area contributed by atoms with E-state index in [9.17, 15) is 4.79 Å². The van der Waals surface area contributed by atoms with Crippen LogP contribution < -0.4 is 10.1 Å². The van der Waals surface area contributed by atoms with Crippen molar-refractivity contribution in [2.24, 2.45) is 0 Å². The van der Waals surface area contributed by atoms with E-state index in [2.05, 4.69) is 18.5 Å². The second-order valence-electron chi connectivity index (χ2n) is 5.35. The van der Waals surface area contributed by atoms with Gasteiger partial charge in [0, 0.05) is 11.8 Å². The molecule has 1 aromatic rings. The molecule has 1 aliphatic rings. The highest BCUT2D eigenvalue weighted by molar-refractivity contribution is 7.98. The average Bonchev–Trinajstić information content (AvgIpc) is 2.84. The second-order valence-corrected chi connectivity index (χ2v) is 6.26. The monoisotopic (exact) mass is 308 g/mol. The topological polar surface area (TPSA) is 41.6 Å². The summed E-state index contributed by atoms with van der Waals surface area (Å²) in [6.07, 6.45) is 2.84. The number of amides is 1. The van der Waals surface area contributed by atoms with Gasteiger partial charge in [-0.2, -0.15) is 11.8 Å². The molecule has 3 atom stereocenters. The number of ether oxygens (including phenoxy) is 1. The zero-order valence-electron chi connectivity index (χ0n) is 13.1. The number of hydrogen-bond acceptors (Lipinski definition) is 4. The number of rotatable bonds is 6. The first-order chi connectivity index (χ1) is 10.1. The molecule has 0 radical (unpaired) electrons. The zero-order chi connectivity index (χ0) is 15.4. The van der Waals surface area contributed by atoms with Crippen LogP contribution in [0.15, 0.2) is 24.3 Å². The van der Waals surface area contributed by atoms with E-state index in [1.165, 1.54) is 0 Å². The number of hydrogen-bond donors (Lipinski definition) is 1. The molecule has 0 saturated carbocycles. The Morgan fingerprint density at radius 3 is 2.57 bits per heavy atom. The Hall–Kier alpha value is -1.20. The fraction of sp³-hybridized carbons (Fsp3) is 0.562. The number of carbonyl (C=O) groups excluding carboxylic acids is 1. The summed E-state index contributed by atoms with van der Waals surface area (Å²) in [6, 6.07) is 8.07. The van der Waals surface area contributed by atoms with Gasteiger partial charge in [0.05, 0.1) is 13.2 Å². The van der Waals surface area contributed by atoms with E-state index in [1.807, 2.05) is 36.1 Å². The van der Waals surface area contributed by atoms with Crippen LogP contribution in [0.25, 0.3) is 0 Å². The number of thioether (sulfide) groups is 1. The predicted molar refractivity (Wildman–Crippen MR) is 87.6 cm³/mol. The van der Waals surface area contributed by atoms with E-state index in [1.54, 1.807) is 18.9 Å². The fourth-order valence-electron chi connectivity index (χ4n) is 2.78. The molecule has 116 valence electrons. The first-order valence-electron chi connectivity index (χ1n) is 7.33. The average molecular weight is 308 g/mol. The van der Waals surface area contributed by atoms with Gasteiger partial charge in [-0.1, -0.05) is 19.1 Å². The normalized spacial score (nSPS) is 23.4. The van der Waals surface area contributed by atoms with E-state index in [4.69, 9.17) is 4.74 Å². The minimum Gasteiger partial charge on any atom is -0.497 e. The van der Waals surface area contributed by atoms with Gasteiger partial charge in [-0.25, -0.2) is 0 Å². The van der Waals surface area contributed by atoms with E-state index >= 15 is 0 Å². The molecule has 0 aromatic heterocycles. The maximum absolute atomic E-state index is 12.6. The summed E-state index contributed by atoms with van der Waals surface area (Å²) >= 11 is 1.77. The van der Waals surface area contributed by atoms with Crippen LogP contribution in [0.4, 0.5) is 0 Å². The molecule has 1 fully saturated rings. The molecule has 0 aliphatic carbocycles. The summed E-state index contributed by atoms with van der Waals surface area (Å²) in [6.45, 7) is 4.16. The molecule has 4 nitrogen and oxygen atoms in total. The number of methoxy groups -OCH3 is 1. The third kappa shape index (κ3) is 3.35. The first-order valence-corrected chi connectivity index (χ1v) is 8.72. The molecule has 1 amide bonds. The van der Waals surface area contributed by atoms with Crippen LogP contribution in [0, 0.1) is 0 Å². The zero-order valence-corrected chi connectivity index (χ0v) is 13.9. The Bertz CT molecular complexity index is 478. The van der Waals surface area contributed by atoms with Crippen LogP contribution in [0.3, 0.4) is 0 Å². The lowest BCUT2D eigenvalue weighted by atomic mass is 10.1. The Kier molecular flexibility index (Phi) is 5.53. The molecule has 1 N–H and O–H groups in total. The Labute approximate surface area is 131 Å². The van der Waals surface area contributed by atoms with Crippen molar-refractivity contribution in [2.45, 2.75) is 38.5 Å². The molecule has 3 unspecified atom stereocenters. The van der Waals surface area contributed by atoms with Gasteiger partial charge in [-0.05, 0) is 37.3 Å². The SMILES string of the molecule is CCC1NC(c2ccc(OC)cc2)N(C(C)CSC)C1=O. The summed E-state index contributed by atoms with van der Waals surface area (Å²) in [5.74, 6) is 1.98. The van der Waals surface area contributed by atoms with E-state index < -0.39 is 0 Å². The molecule has 1 aromatic carbocycles. The number of nitrogens with one attached hydrogen (secondary N) is 1. The largest absolute Gasteiger partial charge is 0.497 e. The molecule has 5 heteroatoms. The van der Waals surface area contributed by atoms with E-state index in [-0.39, 0.29) is 24.2 Å². The number of carbonyl (C=O) groups is 1. The highest BCUT2D eigenvalue weighted by atomic mass is 32.2. The highest BCUT2D eigenvalue weighted by Crippen LogP contribution is 2.30. The first kappa shape index (κ1) is 16.2. The lowest BCUT2D eigenvalue weighted by Crippen LogP contribution is -2.39. The highest BCUT2D eigenvalue weighted by Gasteiger charge is 2.40. The summed E-state index contributed by atoms with van der Waals surface area (Å²) in [4.78, 5) is 14.6. The summed E-state index contributed by atoms with van der Waals surface area (Å²) in [5.41, 5.74) is 1.10. The minimum absolute atomic E-state index is 0.0458. The lowest BCUT2D eigenvalue weighted by molar-refractivity contribution is -0.131. The standard InChI is InChI=1S/C16H24N2O2S/c1-5-14-16(19)18(11(2)10-21-4)15(17-14)12-6-8-13(20-3)9-7-12/h6-9,11,14-15,17H,5,10H2,1-4H3. The van der Waals surface area contributed by atoms with Crippen molar-refractivity contribution in [1.82, 2.24) is 10.2 Å². The summed E-state index contributed by atoms with van der Waals surface area (Å²) < 4.78 is 5.20. The summed E-state index contributed by atoms with van der Waals surface area (Å²) in [5, 5.41) is 3.46. The third-order valence-corrected chi connectivity index (χ3v) is 4.73. The Morgan fingerprint density at radius 1 is 1.38 bits per heavy atom. The molecular formula is C16H24N2O2S. The molecule has 2 rings (SSSR count). The van der Waals surface area contributed by atoms with Crippen molar-refractivity contribution in [2.75, 3.05) is 19.1 Å². The molecule has 1 aliphatic heterocycles. The van der Waals surface area contributed by atoms with Gasteiger partial charge in [0.15, 0.2) is 0 Å². The van der Waals surface area contributed by atoms with Crippen molar-refractivity contribution in [3.63, 3.8) is 0 Å². The predicted octanol–water partition coefficient (Wildman–Crippen LogP) is 2.66. The molecular weight excluding hydrogens is 284 g/mol. The smallest absolute Gasteiger partial charge is 0.241 e. The quantitative estimate of drug-likeness (QED) is 0.877. The van der Waals surface area contributed by atoms with Gasteiger partial charge in [0.2, 0.25) is 5.91 Å². The van der Waals surface area contributed by atoms with Gasteiger partial charge in [0.25, 0.3) is 0 Å². The van der Waals surface area contributed by atoms with Crippen LogP contribution in [-0.2, 0) is 4.79 Å². The van der Waals surface area contributed by atoms with Crippen molar-refractivity contribution in [1.29, 1.82) is 0 Å². The van der Waals surface area contributed by atoms with Crippen molar-refractivity contribution in [3.8, 4) is 5.75 Å². The van der Waals surface area contributed by atoms with Crippen LogP contribution in [0.5, 0.6) is 5.75 Å². The van der Waals surface area contributed by atoms with Crippen molar-refractivity contribution >= 4 is 17.7 Å². The maximum Gasteiger partial charge on any atom is 0.241 e. The lowest BCUT2D eigenvalue weighted by Gasteiger charge is -2.30. The fourth-order valence-corrected chi connectivity index (χ4v) is 3.42. The molecule has 0 spiro atoms. The van der Waals surface area contributed by atoms with Gasteiger partial charge >= 0.3 is 0 Å². The minimum atomic E-state index is -0.0820. The van der Waals surface area contributed by atoms with Crippen LogP contribution >= 0.6 is 11.8 Å². The Morgan fingerprint density at radius 2 is 2.05 bits per heavy atom.